The fourth-order valence-electron chi connectivity index (χ4n) is 3.59. The van der Waals surface area contributed by atoms with Gasteiger partial charge in [0.15, 0.2) is 5.96 Å². The van der Waals surface area contributed by atoms with Gasteiger partial charge in [-0.2, -0.15) is 0 Å². The largest absolute Gasteiger partial charge is 0.356 e. The van der Waals surface area contributed by atoms with Crippen molar-refractivity contribution < 1.29 is 9.59 Å². The van der Waals surface area contributed by atoms with Gasteiger partial charge in [-0.3, -0.25) is 19.5 Å². The molecule has 30 heavy (non-hydrogen) atoms. The summed E-state index contributed by atoms with van der Waals surface area (Å²) in [5.41, 5.74) is 3.49. The van der Waals surface area contributed by atoms with Gasteiger partial charge in [-0.05, 0) is 49.9 Å². The number of hydrogen-bond acceptors (Lipinski definition) is 3. The summed E-state index contributed by atoms with van der Waals surface area (Å²) in [5.74, 6) is 0.354. The van der Waals surface area contributed by atoms with E-state index in [1.165, 1.54) is 16.0 Å². The minimum absolute atomic E-state index is 0. The summed E-state index contributed by atoms with van der Waals surface area (Å²) in [5, 5.41) is 6.71. The predicted molar refractivity (Wildman–Crippen MR) is 131 cm³/mol. The van der Waals surface area contributed by atoms with E-state index < -0.39 is 0 Å². The standard InChI is InChI=1S/C23H28N4O2.HI/c1-16-10-4-5-11-18(16)17(2)26-23(24-3)25-14-8-9-15-27-21(28)19-12-6-7-13-20(19)22(27)29;/h4-7,10-13,17H,8-9,14-15H2,1-3H3,(H2,24,25,26);1H. The Morgan fingerprint density at radius 3 is 2.20 bits per heavy atom. The third-order valence-electron chi connectivity index (χ3n) is 5.21. The molecule has 0 aliphatic carbocycles. The zero-order valence-corrected chi connectivity index (χ0v) is 20.0. The number of aliphatic imine (C=N–C) groups is 1. The third-order valence-corrected chi connectivity index (χ3v) is 5.21. The van der Waals surface area contributed by atoms with Crippen molar-refractivity contribution >= 4 is 41.8 Å². The summed E-state index contributed by atoms with van der Waals surface area (Å²) in [4.78, 5) is 30.4. The first-order valence-corrected chi connectivity index (χ1v) is 10.0. The van der Waals surface area contributed by atoms with E-state index in [1.54, 1.807) is 31.3 Å². The number of nitrogens with zero attached hydrogens (tertiary/aromatic N) is 2. The number of imide groups is 1. The number of fused-ring (bicyclic) bond motifs is 1. The lowest BCUT2D eigenvalue weighted by atomic mass is 10.0. The highest BCUT2D eigenvalue weighted by molar-refractivity contribution is 14.0. The number of amides is 2. The van der Waals surface area contributed by atoms with E-state index in [0.29, 0.717) is 24.2 Å². The van der Waals surface area contributed by atoms with Gasteiger partial charge in [0, 0.05) is 20.1 Å². The van der Waals surface area contributed by atoms with Crippen molar-refractivity contribution in [1.29, 1.82) is 0 Å². The second-order valence-corrected chi connectivity index (χ2v) is 7.24. The van der Waals surface area contributed by atoms with Crippen molar-refractivity contribution in [3.8, 4) is 0 Å². The van der Waals surface area contributed by atoms with Crippen LogP contribution in [0, 0.1) is 6.92 Å². The van der Waals surface area contributed by atoms with Crippen LogP contribution in [-0.2, 0) is 0 Å². The first kappa shape index (κ1) is 23.9. The van der Waals surface area contributed by atoms with Gasteiger partial charge in [-0.1, -0.05) is 36.4 Å². The Morgan fingerprint density at radius 1 is 1.00 bits per heavy atom. The molecule has 7 heteroatoms. The van der Waals surface area contributed by atoms with E-state index >= 15 is 0 Å². The number of unbranched alkanes of at least 4 members (excludes halogenated alkanes) is 1. The molecule has 0 bridgehead atoms. The van der Waals surface area contributed by atoms with E-state index in [-0.39, 0.29) is 41.8 Å². The summed E-state index contributed by atoms with van der Waals surface area (Å²) in [6.07, 6.45) is 1.57. The van der Waals surface area contributed by atoms with Crippen molar-refractivity contribution in [2.45, 2.75) is 32.7 Å². The lowest BCUT2D eigenvalue weighted by Gasteiger charge is -2.20. The Balaban J connectivity index is 0.00000320. The third kappa shape index (κ3) is 5.38. The normalized spacial score (nSPS) is 14.2. The number of benzene rings is 2. The van der Waals surface area contributed by atoms with Crippen molar-refractivity contribution in [2.24, 2.45) is 4.99 Å². The summed E-state index contributed by atoms with van der Waals surface area (Å²) in [6, 6.07) is 15.4. The molecule has 0 saturated heterocycles. The van der Waals surface area contributed by atoms with Gasteiger partial charge in [0.2, 0.25) is 0 Å². The van der Waals surface area contributed by atoms with Crippen LogP contribution in [0.1, 0.15) is 57.7 Å². The molecule has 2 N–H and O–H groups in total. The van der Waals surface area contributed by atoms with Crippen molar-refractivity contribution in [1.82, 2.24) is 15.5 Å². The number of nitrogens with one attached hydrogen (secondary N) is 2. The van der Waals surface area contributed by atoms with Crippen LogP contribution in [0.3, 0.4) is 0 Å². The molecule has 160 valence electrons. The molecule has 1 unspecified atom stereocenters. The van der Waals surface area contributed by atoms with Crippen molar-refractivity contribution in [3.05, 3.63) is 70.8 Å². The summed E-state index contributed by atoms with van der Waals surface area (Å²) < 4.78 is 0. The highest BCUT2D eigenvalue weighted by atomic mass is 127. The fourth-order valence-corrected chi connectivity index (χ4v) is 3.59. The highest BCUT2D eigenvalue weighted by Crippen LogP contribution is 2.22. The van der Waals surface area contributed by atoms with Crippen LogP contribution in [0.15, 0.2) is 53.5 Å². The minimum Gasteiger partial charge on any atom is -0.356 e. The van der Waals surface area contributed by atoms with E-state index in [0.717, 1.165) is 18.8 Å². The molecular formula is C23H29IN4O2. The number of carbonyl (C=O) groups excluding carboxylic acids is 2. The molecular weight excluding hydrogens is 491 g/mol. The molecule has 1 atom stereocenters. The molecule has 1 aliphatic rings. The molecule has 0 fully saturated rings. The second kappa shape index (κ2) is 11.1. The van der Waals surface area contributed by atoms with Crippen LogP contribution in [0.4, 0.5) is 0 Å². The first-order valence-electron chi connectivity index (χ1n) is 10.0. The average molecular weight is 520 g/mol. The second-order valence-electron chi connectivity index (χ2n) is 7.24. The number of rotatable bonds is 7. The topological polar surface area (TPSA) is 73.8 Å². The Morgan fingerprint density at radius 2 is 1.60 bits per heavy atom. The maximum absolute atomic E-state index is 12.4. The molecule has 3 rings (SSSR count). The Bertz CT molecular complexity index is 894. The smallest absolute Gasteiger partial charge is 0.261 e. The van der Waals surface area contributed by atoms with Crippen LogP contribution in [0.2, 0.25) is 0 Å². The van der Waals surface area contributed by atoms with Crippen LogP contribution in [-0.4, -0.2) is 42.8 Å². The first-order chi connectivity index (χ1) is 14.0. The minimum atomic E-state index is -0.192. The zero-order chi connectivity index (χ0) is 20.8. The Kier molecular flexibility index (Phi) is 8.83. The Hall–Kier alpha value is -2.42. The lowest BCUT2D eigenvalue weighted by Crippen LogP contribution is -2.39. The van der Waals surface area contributed by atoms with Gasteiger partial charge >= 0.3 is 0 Å². The molecule has 0 aromatic heterocycles. The lowest BCUT2D eigenvalue weighted by molar-refractivity contribution is 0.0652. The monoisotopic (exact) mass is 520 g/mol. The van der Waals surface area contributed by atoms with E-state index in [2.05, 4.69) is 41.6 Å². The van der Waals surface area contributed by atoms with Gasteiger partial charge in [0.25, 0.3) is 11.8 Å². The zero-order valence-electron chi connectivity index (χ0n) is 17.6. The SMILES string of the molecule is CN=C(NCCCCN1C(=O)c2ccccc2C1=O)NC(C)c1ccccc1C.I. The van der Waals surface area contributed by atoms with Gasteiger partial charge in [0.05, 0.1) is 17.2 Å². The summed E-state index contributed by atoms with van der Waals surface area (Å²) in [7, 11) is 1.75. The summed E-state index contributed by atoms with van der Waals surface area (Å²) in [6.45, 7) is 5.35. The molecule has 2 aromatic rings. The number of halogens is 1. The van der Waals surface area contributed by atoms with E-state index in [9.17, 15) is 9.59 Å². The maximum Gasteiger partial charge on any atom is 0.261 e. The van der Waals surface area contributed by atoms with Crippen molar-refractivity contribution in [2.75, 3.05) is 20.1 Å². The fraction of sp³-hybridized carbons (Fsp3) is 0.348. The number of guanidine groups is 1. The molecule has 1 aliphatic heterocycles. The van der Waals surface area contributed by atoms with Crippen LogP contribution < -0.4 is 10.6 Å². The average Bonchev–Trinajstić information content (AvgIpc) is 2.97. The van der Waals surface area contributed by atoms with E-state index in [1.807, 2.05) is 12.1 Å². The Labute approximate surface area is 195 Å². The molecule has 2 amide bonds. The summed E-state index contributed by atoms with van der Waals surface area (Å²) >= 11 is 0. The maximum atomic E-state index is 12.4. The molecule has 2 aromatic carbocycles. The number of hydrogen-bond donors (Lipinski definition) is 2. The molecule has 1 heterocycles. The van der Waals surface area contributed by atoms with Crippen LogP contribution in [0.25, 0.3) is 0 Å². The quantitative estimate of drug-likeness (QED) is 0.191. The number of aryl methyl sites for hydroxylation is 1. The van der Waals surface area contributed by atoms with Crippen LogP contribution >= 0.6 is 24.0 Å². The predicted octanol–water partition coefficient (Wildman–Crippen LogP) is 3.92. The van der Waals surface area contributed by atoms with E-state index in [4.69, 9.17) is 0 Å². The molecule has 6 nitrogen and oxygen atoms in total. The van der Waals surface area contributed by atoms with Crippen molar-refractivity contribution in [3.63, 3.8) is 0 Å². The van der Waals surface area contributed by atoms with Gasteiger partial charge in [0.1, 0.15) is 0 Å². The molecule has 0 radical (unpaired) electrons. The van der Waals surface area contributed by atoms with Crippen LogP contribution in [0.5, 0.6) is 0 Å². The van der Waals surface area contributed by atoms with Gasteiger partial charge in [-0.15, -0.1) is 24.0 Å². The van der Waals surface area contributed by atoms with Gasteiger partial charge < -0.3 is 10.6 Å². The highest BCUT2D eigenvalue weighted by Gasteiger charge is 2.34. The molecule has 0 spiro atoms. The molecule has 0 saturated carbocycles. The number of carbonyl (C=O) groups is 2. The van der Waals surface area contributed by atoms with Gasteiger partial charge in [-0.25, -0.2) is 0 Å².